The summed E-state index contributed by atoms with van der Waals surface area (Å²) in [6, 6.07) is 2.00. The van der Waals surface area contributed by atoms with E-state index in [-0.39, 0.29) is 0 Å². The Morgan fingerprint density at radius 1 is 0.923 bits per heavy atom. The van der Waals surface area contributed by atoms with Gasteiger partial charge in [0.15, 0.2) is 0 Å². The molecule has 0 fully saturated rings. The van der Waals surface area contributed by atoms with E-state index < -0.39 is 0 Å². The van der Waals surface area contributed by atoms with Crippen LogP contribution in [0.4, 0.5) is 0 Å². The van der Waals surface area contributed by atoms with Crippen LogP contribution in [0.25, 0.3) is 22.1 Å². The summed E-state index contributed by atoms with van der Waals surface area (Å²) in [5, 5.41) is 0. The molecule has 0 atom stereocenters. The zero-order valence-electron chi connectivity index (χ0n) is 6.68. The Labute approximate surface area is 81.9 Å². The van der Waals surface area contributed by atoms with Crippen molar-refractivity contribution in [2.45, 2.75) is 6.92 Å². The third-order valence-electron chi connectivity index (χ3n) is 1.95. The first kappa shape index (κ1) is 7.28. The molecule has 4 nitrogen and oxygen atoms in total. The van der Waals surface area contributed by atoms with Crippen LogP contribution in [0.5, 0.6) is 0 Å². The van der Waals surface area contributed by atoms with Crippen LogP contribution in [0, 0.1) is 6.92 Å². The van der Waals surface area contributed by atoms with Gasteiger partial charge in [0.05, 0.1) is 23.5 Å². The van der Waals surface area contributed by atoms with Crippen molar-refractivity contribution < 1.29 is 0 Å². The summed E-state index contributed by atoms with van der Waals surface area (Å²) in [5.74, 6) is 0. The molecule has 0 aliphatic carbocycles. The highest BCUT2D eigenvalue weighted by molar-refractivity contribution is 7.01. The maximum absolute atomic E-state index is 4.22. The number of fused-ring (bicyclic) bond motifs is 3. The van der Waals surface area contributed by atoms with E-state index in [0.29, 0.717) is 0 Å². The van der Waals surface area contributed by atoms with Crippen molar-refractivity contribution >= 4 is 45.5 Å². The first-order valence-corrected chi connectivity index (χ1v) is 5.16. The van der Waals surface area contributed by atoms with Gasteiger partial charge in [-0.1, -0.05) is 0 Å². The van der Waals surface area contributed by atoms with Crippen molar-refractivity contribution in [3.63, 3.8) is 0 Å². The maximum Gasteiger partial charge on any atom is 0.134 e. The predicted molar refractivity (Wildman–Crippen MR) is 53.1 cm³/mol. The van der Waals surface area contributed by atoms with Gasteiger partial charge in [0.2, 0.25) is 0 Å². The van der Waals surface area contributed by atoms with Crippen LogP contribution < -0.4 is 0 Å². The molecule has 0 radical (unpaired) electrons. The van der Waals surface area contributed by atoms with E-state index in [1.165, 1.54) is 23.5 Å². The van der Waals surface area contributed by atoms with E-state index in [2.05, 4.69) is 17.5 Å². The number of hydrogen-bond donors (Lipinski definition) is 0. The van der Waals surface area contributed by atoms with E-state index in [0.717, 1.165) is 27.6 Å². The van der Waals surface area contributed by atoms with Crippen molar-refractivity contribution in [1.82, 2.24) is 17.5 Å². The van der Waals surface area contributed by atoms with Gasteiger partial charge < -0.3 is 0 Å². The fourth-order valence-electron chi connectivity index (χ4n) is 1.33. The summed E-state index contributed by atoms with van der Waals surface area (Å²) >= 11 is 2.44. The average molecular weight is 208 g/mol. The normalized spacial score (nSPS) is 11.5. The standard InChI is InChI=1S/C7H4N4S2/c1-3-2-4-6(10-12-8-4)7-5(3)9-13-11-7/h2H,1H3. The van der Waals surface area contributed by atoms with Crippen LogP contribution in [0.3, 0.4) is 0 Å². The Balaban J connectivity index is 2.70. The molecule has 0 bridgehead atoms. The predicted octanol–water partition coefficient (Wildman–Crippen LogP) is 2.00. The number of benzene rings is 1. The minimum atomic E-state index is 0.874. The van der Waals surface area contributed by atoms with Gasteiger partial charge in [-0.25, -0.2) is 0 Å². The summed E-state index contributed by atoms with van der Waals surface area (Å²) in [6.45, 7) is 2.02. The van der Waals surface area contributed by atoms with Crippen molar-refractivity contribution in [1.29, 1.82) is 0 Å². The van der Waals surface area contributed by atoms with E-state index in [4.69, 9.17) is 0 Å². The van der Waals surface area contributed by atoms with Crippen molar-refractivity contribution in [2.24, 2.45) is 0 Å². The van der Waals surface area contributed by atoms with Crippen LogP contribution in [-0.2, 0) is 0 Å². The van der Waals surface area contributed by atoms with Gasteiger partial charge in [0.25, 0.3) is 0 Å². The largest absolute Gasteiger partial charge is 0.173 e. The molecule has 6 heteroatoms. The first-order chi connectivity index (χ1) is 6.36. The Morgan fingerprint density at radius 2 is 1.62 bits per heavy atom. The number of aromatic nitrogens is 4. The van der Waals surface area contributed by atoms with Gasteiger partial charge >= 0.3 is 0 Å². The van der Waals surface area contributed by atoms with Crippen molar-refractivity contribution in [3.8, 4) is 0 Å². The number of nitrogens with zero attached hydrogens (tertiary/aromatic N) is 4. The van der Waals surface area contributed by atoms with Crippen LogP contribution in [0.1, 0.15) is 5.56 Å². The molecule has 3 aromatic rings. The minimum Gasteiger partial charge on any atom is -0.173 e. The zero-order valence-corrected chi connectivity index (χ0v) is 8.32. The molecule has 0 aliphatic heterocycles. The maximum atomic E-state index is 4.22. The highest BCUT2D eigenvalue weighted by Crippen LogP contribution is 2.24. The van der Waals surface area contributed by atoms with E-state index in [1.807, 2.05) is 13.0 Å². The summed E-state index contributed by atoms with van der Waals surface area (Å²) in [7, 11) is 0. The lowest BCUT2D eigenvalue weighted by molar-refractivity contribution is 1.49. The third kappa shape index (κ3) is 0.895. The highest BCUT2D eigenvalue weighted by Gasteiger charge is 2.10. The lowest BCUT2D eigenvalue weighted by Crippen LogP contribution is -1.79. The molecule has 0 unspecified atom stereocenters. The Bertz CT molecular complexity index is 582. The summed E-state index contributed by atoms with van der Waals surface area (Å²) < 4.78 is 16.8. The van der Waals surface area contributed by atoms with Gasteiger partial charge in [0.1, 0.15) is 22.1 Å². The molecule has 0 amide bonds. The molecule has 0 saturated carbocycles. The first-order valence-electron chi connectivity index (χ1n) is 3.70. The SMILES string of the molecule is Cc1cc2nsnc2c2nsnc12. The number of rotatable bonds is 0. The second-order valence-corrected chi connectivity index (χ2v) is 3.84. The Morgan fingerprint density at radius 3 is 2.54 bits per heavy atom. The highest BCUT2D eigenvalue weighted by atomic mass is 32.1. The molecule has 2 heterocycles. The molecule has 0 saturated heterocycles. The number of hydrogen-bond acceptors (Lipinski definition) is 6. The molecule has 1 aromatic carbocycles. The Hall–Kier alpha value is -1.14. The summed E-state index contributed by atoms with van der Waals surface area (Å²) in [6.07, 6.45) is 0. The fraction of sp³-hybridized carbons (Fsp3) is 0.143. The molecule has 13 heavy (non-hydrogen) atoms. The average Bonchev–Trinajstić information content (AvgIpc) is 2.66. The van der Waals surface area contributed by atoms with E-state index in [1.54, 1.807) is 0 Å². The second kappa shape index (κ2) is 2.43. The van der Waals surface area contributed by atoms with Gasteiger partial charge in [-0.3, -0.25) is 0 Å². The fourth-order valence-corrected chi connectivity index (χ4v) is 2.47. The van der Waals surface area contributed by atoms with Gasteiger partial charge in [-0.05, 0) is 18.6 Å². The summed E-state index contributed by atoms with van der Waals surface area (Å²) in [4.78, 5) is 0. The quantitative estimate of drug-likeness (QED) is 0.567. The zero-order chi connectivity index (χ0) is 8.84. The molecule has 0 N–H and O–H groups in total. The molecule has 2 aromatic heterocycles. The molecule has 0 spiro atoms. The molecule has 3 rings (SSSR count). The van der Waals surface area contributed by atoms with Crippen molar-refractivity contribution in [3.05, 3.63) is 11.6 Å². The van der Waals surface area contributed by atoms with Crippen LogP contribution in [-0.4, -0.2) is 17.5 Å². The molecular formula is C7H4N4S2. The smallest absolute Gasteiger partial charge is 0.134 e. The van der Waals surface area contributed by atoms with E-state index in [9.17, 15) is 0 Å². The topological polar surface area (TPSA) is 51.6 Å². The lowest BCUT2D eigenvalue weighted by atomic mass is 10.2. The molecule has 0 aliphatic rings. The van der Waals surface area contributed by atoms with Gasteiger partial charge in [-0.2, -0.15) is 17.5 Å². The van der Waals surface area contributed by atoms with Gasteiger partial charge in [0, 0.05) is 0 Å². The third-order valence-corrected chi connectivity index (χ3v) is 3.02. The monoisotopic (exact) mass is 208 g/mol. The second-order valence-electron chi connectivity index (χ2n) is 2.79. The lowest BCUT2D eigenvalue weighted by Gasteiger charge is -1.92. The number of aryl methyl sites for hydroxylation is 1. The van der Waals surface area contributed by atoms with Crippen LogP contribution >= 0.6 is 23.5 Å². The molecular weight excluding hydrogens is 204 g/mol. The Kier molecular flexibility index (Phi) is 1.36. The van der Waals surface area contributed by atoms with Crippen LogP contribution in [0.2, 0.25) is 0 Å². The van der Waals surface area contributed by atoms with Crippen molar-refractivity contribution in [2.75, 3.05) is 0 Å². The molecule has 64 valence electrons. The minimum absolute atomic E-state index is 0.874. The summed E-state index contributed by atoms with van der Waals surface area (Å²) in [5.41, 5.74) is 4.74. The van der Waals surface area contributed by atoms with Crippen LogP contribution in [0.15, 0.2) is 6.07 Å². The van der Waals surface area contributed by atoms with E-state index >= 15 is 0 Å². The van der Waals surface area contributed by atoms with Gasteiger partial charge in [-0.15, -0.1) is 0 Å².